The molecule has 1 atom stereocenters. The molecule has 0 spiro atoms. The van der Waals surface area contributed by atoms with Crippen molar-refractivity contribution in [3.05, 3.63) is 35.9 Å². The van der Waals surface area contributed by atoms with Crippen molar-refractivity contribution in [2.24, 2.45) is 0 Å². The summed E-state index contributed by atoms with van der Waals surface area (Å²) in [4.78, 5) is 12.1. The van der Waals surface area contributed by atoms with E-state index in [2.05, 4.69) is 34.9 Å². The number of amides is 2. The van der Waals surface area contributed by atoms with Gasteiger partial charge in [0, 0.05) is 24.3 Å². The van der Waals surface area contributed by atoms with Gasteiger partial charge in [-0.05, 0) is 30.6 Å². The number of aliphatic hydroxyl groups is 1. The Morgan fingerprint density at radius 3 is 2.43 bits per heavy atom. The second kappa shape index (κ2) is 7.14. The lowest BCUT2D eigenvalue weighted by molar-refractivity contribution is 0.0699. The van der Waals surface area contributed by atoms with Crippen LogP contribution in [0, 0.1) is 0 Å². The smallest absolute Gasteiger partial charge is 0.314 e. The Labute approximate surface area is 142 Å². The lowest BCUT2D eigenvalue weighted by Gasteiger charge is -2.30. The van der Waals surface area contributed by atoms with E-state index in [1.165, 1.54) is 18.4 Å². The maximum Gasteiger partial charge on any atom is 0.314 e. The lowest BCUT2D eigenvalue weighted by atomic mass is 9.79. The largest absolute Gasteiger partial charge is 0.387 e. The van der Waals surface area contributed by atoms with Gasteiger partial charge in [-0.3, -0.25) is 0 Å². The van der Waals surface area contributed by atoms with E-state index in [9.17, 15) is 9.90 Å². The highest BCUT2D eigenvalue weighted by Crippen LogP contribution is 2.40. The molecule has 1 saturated heterocycles. The zero-order chi connectivity index (χ0) is 16.2. The van der Waals surface area contributed by atoms with Crippen LogP contribution >= 0.6 is 11.8 Å². The average molecular weight is 334 g/mol. The minimum absolute atomic E-state index is 0.0682. The minimum Gasteiger partial charge on any atom is -0.387 e. The zero-order valence-corrected chi connectivity index (χ0v) is 14.3. The second-order valence-electron chi connectivity index (χ2n) is 6.92. The summed E-state index contributed by atoms with van der Waals surface area (Å²) in [5.41, 5.74) is 0.661. The third-order valence-electron chi connectivity index (χ3n) is 5.19. The van der Waals surface area contributed by atoms with Gasteiger partial charge in [0.05, 0.1) is 5.60 Å². The molecule has 0 bridgehead atoms. The molecule has 1 aliphatic heterocycles. The summed E-state index contributed by atoms with van der Waals surface area (Å²) in [6.45, 7) is 1.00. The van der Waals surface area contributed by atoms with Gasteiger partial charge in [0.25, 0.3) is 0 Å². The molecule has 3 N–H and O–H groups in total. The van der Waals surface area contributed by atoms with Crippen molar-refractivity contribution in [3.8, 4) is 0 Å². The Kier molecular flexibility index (Phi) is 5.17. The van der Waals surface area contributed by atoms with E-state index in [-0.39, 0.29) is 11.4 Å². The number of carbonyl (C=O) groups excluding carboxylic acids is 1. The van der Waals surface area contributed by atoms with E-state index < -0.39 is 5.60 Å². The van der Waals surface area contributed by atoms with Gasteiger partial charge < -0.3 is 15.7 Å². The highest BCUT2D eigenvalue weighted by molar-refractivity contribution is 7.99. The van der Waals surface area contributed by atoms with Crippen LogP contribution in [-0.2, 0) is 5.41 Å². The number of hydrogen-bond donors (Lipinski definition) is 3. The Hall–Kier alpha value is -1.20. The standard InChI is InChI=1S/C18H26N2O2S/c21-16(20-13-18(22)10-11-23-14-18)19-12-17(8-4-5-9-17)15-6-2-1-3-7-15/h1-3,6-7,22H,4-5,8-14H2,(H2,19,20,21). The first kappa shape index (κ1) is 16.7. The van der Waals surface area contributed by atoms with Crippen LogP contribution in [0.2, 0.25) is 0 Å². The van der Waals surface area contributed by atoms with Gasteiger partial charge >= 0.3 is 6.03 Å². The molecule has 2 amide bonds. The van der Waals surface area contributed by atoms with E-state index in [0.29, 0.717) is 18.8 Å². The maximum absolute atomic E-state index is 12.1. The third kappa shape index (κ3) is 4.01. The highest BCUT2D eigenvalue weighted by Gasteiger charge is 2.36. The van der Waals surface area contributed by atoms with Crippen LogP contribution in [0.5, 0.6) is 0 Å². The predicted molar refractivity (Wildman–Crippen MR) is 94.9 cm³/mol. The fourth-order valence-electron chi connectivity index (χ4n) is 3.70. The van der Waals surface area contributed by atoms with E-state index in [1.807, 2.05) is 6.07 Å². The Balaban J connectivity index is 1.54. The number of thioether (sulfide) groups is 1. The fraction of sp³-hybridized carbons (Fsp3) is 0.611. The number of hydrogen-bond acceptors (Lipinski definition) is 3. The number of carbonyl (C=O) groups is 1. The summed E-state index contributed by atoms with van der Waals surface area (Å²) in [6.07, 6.45) is 5.44. The van der Waals surface area contributed by atoms with Crippen LogP contribution in [0.4, 0.5) is 4.79 Å². The van der Waals surface area contributed by atoms with E-state index >= 15 is 0 Å². The van der Waals surface area contributed by atoms with Crippen LogP contribution in [0.3, 0.4) is 0 Å². The summed E-state index contributed by atoms with van der Waals surface area (Å²) in [6, 6.07) is 10.3. The number of rotatable bonds is 5. The molecular formula is C18H26N2O2S. The summed E-state index contributed by atoms with van der Waals surface area (Å²) >= 11 is 1.74. The van der Waals surface area contributed by atoms with Gasteiger partial charge in [0.15, 0.2) is 0 Å². The van der Waals surface area contributed by atoms with E-state index in [1.54, 1.807) is 11.8 Å². The molecule has 2 fully saturated rings. The van der Waals surface area contributed by atoms with Gasteiger partial charge in [0.1, 0.15) is 0 Å². The molecule has 5 heteroatoms. The van der Waals surface area contributed by atoms with E-state index in [4.69, 9.17) is 0 Å². The van der Waals surface area contributed by atoms with Crippen LogP contribution in [-0.4, -0.2) is 41.3 Å². The Morgan fingerprint density at radius 2 is 1.78 bits per heavy atom. The predicted octanol–water partition coefficient (Wildman–Crippen LogP) is 2.67. The molecule has 1 heterocycles. The van der Waals surface area contributed by atoms with Crippen LogP contribution in [0.1, 0.15) is 37.7 Å². The molecule has 23 heavy (non-hydrogen) atoms. The first-order valence-electron chi connectivity index (χ1n) is 8.49. The highest BCUT2D eigenvalue weighted by atomic mass is 32.2. The number of benzene rings is 1. The molecule has 126 valence electrons. The summed E-state index contributed by atoms with van der Waals surface area (Å²) < 4.78 is 0. The van der Waals surface area contributed by atoms with Crippen molar-refractivity contribution >= 4 is 17.8 Å². The van der Waals surface area contributed by atoms with Crippen molar-refractivity contribution in [1.29, 1.82) is 0 Å². The van der Waals surface area contributed by atoms with Crippen LogP contribution in [0.15, 0.2) is 30.3 Å². The second-order valence-corrected chi connectivity index (χ2v) is 8.02. The molecule has 1 aromatic rings. The third-order valence-corrected chi connectivity index (χ3v) is 6.43. The molecule has 1 unspecified atom stereocenters. The summed E-state index contributed by atoms with van der Waals surface area (Å²) in [5, 5.41) is 16.2. The molecule has 4 nitrogen and oxygen atoms in total. The van der Waals surface area contributed by atoms with Crippen molar-refractivity contribution in [2.75, 3.05) is 24.6 Å². The van der Waals surface area contributed by atoms with Gasteiger partial charge in [-0.1, -0.05) is 43.2 Å². The van der Waals surface area contributed by atoms with E-state index in [0.717, 1.165) is 25.0 Å². The molecule has 1 aromatic carbocycles. The minimum atomic E-state index is -0.730. The molecule has 1 aliphatic carbocycles. The molecule has 3 rings (SSSR count). The zero-order valence-electron chi connectivity index (χ0n) is 13.5. The topological polar surface area (TPSA) is 61.4 Å². The average Bonchev–Trinajstić information content (AvgIpc) is 3.22. The SMILES string of the molecule is O=C(NCC1(O)CCSC1)NCC1(c2ccccc2)CCCC1. The summed E-state index contributed by atoms with van der Waals surface area (Å²) in [5.74, 6) is 1.68. The monoisotopic (exact) mass is 334 g/mol. The molecular weight excluding hydrogens is 308 g/mol. The van der Waals surface area contributed by atoms with Crippen LogP contribution < -0.4 is 10.6 Å². The molecule has 0 radical (unpaired) electrons. The number of urea groups is 1. The van der Waals surface area contributed by atoms with Crippen LogP contribution in [0.25, 0.3) is 0 Å². The first-order valence-corrected chi connectivity index (χ1v) is 9.65. The Bertz CT molecular complexity index is 523. The van der Waals surface area contributed by atoms with Gasteiger partial charge in [-0.25, -0.2) is 4.79 Å². The maximum atomic E-state index is 12.1. The fourth-order valence-corrected chi connectivity index (χ4v) is 5.00. The van der Waals surface area contributed by atoms with Gasteiger partial charge in [-0.15, -0.1) is 0 Å². The van der Waals surface area contributed by atoms with Crippen molar-refractivity contribution in [1.82, 2.24) is 10.6 Å². The van der Waals surface area contributed by atoms with Crippen molar-refractivity contribution < 1.29 is 9.90 Å². The van der Waals surface area contributed by atoms with Crippen molar-refractivity contribution in [3.63, 3.8) is 0 Å². The lowest BCUT2D eigenvalue weighted by Crippen LogP contribution is -2.49. The molecule has 0 aromatic heterocycles. The van der Waals surface area contributed by atoms with Gasteiger partial charge in [-0.2, -0.15) is 11.8 Å². The van der Waals surface area contributed by atoms with Crippen molar-refractivity contribution in [2.45, 2.75) is 43.1 Å². The normalized spacial score (nSPS) is 26.1. The quantitative estimate of drug-likeness (QED) is 0.776. The molecule has 1 saturated carbocycles. The first-order chi connectivity index (χ1) is 11.1. The Morgan fingerprint density at radius 1 is 1.09 bits per heavy atom. The number of nitrogens with one attached hydrogen (secondary N) is 2. The molecule has 2 aliphatic rings. The summed E-state index contributed by atoms with van der Waals surface area (Å²) in [7, 11) is 0. The van der Waals surface area contributed by atoms with Gasteiger partial charge in [0.2, 0.25) is 0 Å².